The molecular formula is C30H35N3O9S. The summed E-state index contributed by atoms with van der Waals surface area (Å²) in [6.07, 6.45) is 7.22. The van der Waals surface area contributed by atoms with E-state index in [1.807, 2.05) is 6.07 Å². The zero-order valence-electron chi connectivity index (χ0n) is 23.4. The number of aromatic nitrogens is 1. The topological polar surface area (TPSA) is 187 Å². The molecule has 2 heterocycles. The smallest absolute Gasteiger partial charge is 0.328 e. The molecule has 0 amide bonds. The first-order chi connectivity index (χ1) is 20.6. The number of carbonyl (C=O) groups is 4. The molecule has 0 radical (unpaired) electrons. The lowest BCUT2D eigenvalue weighted by molar-refractivity contribution is -0.134. The first-order valence-corrected chi connectivity index (χ1v) is 14.3. The number of likely N-dealkylation sites (tertiary alicyclic amines) is 1. The number of benzene rings is 2. The molecule has 2 aromatic carbocycles. The Morgan fingerprint density at radius 1 is 0.837 bits per heavy atom. The van der Waals surface area contributed by atoms with Crippen LogP contribution in [0.2, 0.25) is 0 Å². The Morgan fingerprint density at radius 2 is 1.44 bits per heavy atom. The van der Waals surface area contributed by atoms with Gasteiger partial charge in [0.15, 0.2) is 5.13 Å². The van der Waals surface area contributed by atoms with Crippen LogP contribution in [0.5, 0.6) is 5.75 Å². The summed E-state index contributed by atoms with van der Waals surface area (Å²) < 4.78 is 7.18. The molecule has 43 heavy (non-hydrogen) atoms. The third-order valence-electron chi connectivity index (χ3n) is 5.65. The van der Waals surface area contributed by atoms with Crippen molar-refractivity contribution in [3.8, 4) is 5.75 Å². The average Bonchev–Trinajstić information content (AvgIpc) is 3.39. The summed E-state index contributed by atoms with van der Waals surface area (Å²) in [5.74, 6) is -4.05. The summed E-state index contributed by atoms with van der Waals surface area (Å²) in [6.45, 7) is 5.07. The second kappa shape index (κ2) is 19.4. The molecule has 230 valence electrons. The molecule has 5 N–H and O–H groups in total. The molecule has 0 spiro atoms. The van der Waals surface area contributed by atoms with Crippen LogP contribution < -0.4 is 10.1 Å². The fourth-order valence-electron chi connectivity index (χ4n) is 3.80. The van der Waals surface area contributed by atoms with Crippen LogP contribution in [-0.4, -0.2) is 80.4 Å². The fraction of sp³-hybridized carbons (Fsp3) is 0.300. The summed E-state index contributed by atoms with van der Waals surface area (Å²) >= 11 is 1.70. The molecule has 1 fully saturated rings. The molecule has 0 saturated carbocycles. The van der Waals surface area contributed by atoms with Crippen molar-refractivity contribution in [3.05, 3.63) is 78.4 Å². The van der Waals surface area contributed by atoms with Gasteiger partial charge in [0.1, 0.15) is 5.75 Å². The molecule has 0 unspecified atom stereocenters. The molecule has 1 aliphatic heterocycles. The average molecular weight is 614 g/mol. The van der Waals surface area contributed by atoms with Gasteiger partial charge in [-0.3, -0.25) is 4.90 Å². The maximum atomic E-state index is 9.55. The zero-order chi connectivity index (χ0) is 31.5. The van der Waals surface area contributed by atoms with Crippen molar-refractivity contribution in [2.75, 3.05) is 31.6 Å². The number of hydrogen-bond donors (Lipinski definition) is 5. The Hall–Kier alpha value is -4.75. The van der Waals surface area contributed by atoms with Crippen LogP contribution in [0, 0.1) is 0 Å². The van der Waals surface area contributed by atoms with Crippen molar-refractivity contribution < 1.29 is 44.3 Å². The minimum absolute atomic E-state index is 0.558. The van der Waals surface area contributed by atoms with Crippen LogP contribution in [0.4, 0.5) is 5.13 Å². The number of aliphatic carboxylic acids is 4. The maximum Gasteiger partial charge on any atom is 0.328 e. The lowest BCUT2D eigenvalue weighted by Gasteiger charge is -2.26. The Balaban J connectivity index is 0.000000334. The van der Waals surface area contributed by atoms with Crippen molar-refractivity contribution in [1.82, 2.24) is 9.88 Å². The predicted octanol–water partition coefficient (Wildman–Crippen LogP) is 4.59. The van der Waals surface area contributed by atoms with Gasteiger partial charge in [0, 0.05) is 37.4 Å². The number of ether oxygens (including phenoxy) is 1. The highest BCUT2D eigenvalue weighted by Gasteiger charge is 2.10. The van der Waals surface area contributed by atoms with E-state index in [0.717, 1.165) is 35.9 Å². The summed E-state index contributed by atoms with van der Waals surface area (Å²) in [5.41, 5.74) is 2.41. The standard InChI is InChI=1S/C22H27N3OS.2C4H4O4/c1-4-13-25(14-5-1)17-18-8-6-9-19(16-18)26-15-7-12-23-22-24-20-10-2-3-11-21(20)27-22;2*5-3(6)1-2-4(7)8/h2-3,6,8-11,16H,1,4-5,7,12-15,17H2,(H,23,24);2*1-2H,(H,5,6)(H,7,8). The zero-order valence-corrected chi connectivity index (χ0v) is 24.2. The summed E-state index contributed by atoms with van der Waals surface area (Å²) in [7, 11) is 0. The lowest BCUT2D eigenvalue weighted by Crippen LogP contribution is -2.29. The number of carboxylic acid groups (broad SMARTS) is 4. The van der Waals surface area contributed by atoms with E-state index >= 15 is 0 Å². The normalized spacial score (nSPS) is 13.0. The number of fused-ring (bicyclic) bond motifs is 1. The predicted molar refractivity (Wildman–Crippen MR) is 163 cm³/mol. The largest absolute Gasteiger partial charge is 0.494 e. The van der Waals surface area contributed by atoms with Crippen LogP contribution in [0.25, 0.3) is 10.2 Å². The second-order valence-electron chi connectivity index (χ2n) is 9.12. The van der Waals surface area contributed by atoms with E-state index in [1.54, 1.807) is 11.3 Å². The quantitative estimate of drug-likeness (QED) is 0.141. The van der Waals surface area contributed by atoms with Gasteiger partial charge >= 0.3 is 23.9 Å². The number of nitrogens with zero attached hydrogens (tertiary/aromatic N) is 2. The number of para-hydroxylation sites is 1. The Labute approximate surface area is 252 Å². The van der Waals surface area contributed by atoms with Gasteiger partial charge in [0.05, 0.1) is 16.8 Å². The molecule has 3 aromatic rings. The number of carboxylic acids is 4. The van der Waals surface area contributed by atoms with Gasteiger partial charge in [0.25, 0.3) is 0 Å². The number of nitrogens with one attached hydrogen (secondary N) is 1. The third-order valence-corrected chi connectivity index (χ3v) is 6.64. The first-order valence-electron chi connectivity index (χ1n) is 13.4. The van der Waals surface area contributed by atoms with Crippen molar-refractivity contribution in [3.63, 3.8) is 0 Å². The number of thiazole rings is 1. The Bertz CT molecular complexity index is 1300. The minimum atomic E-state index is -1.26. The molecule has 0 atom stereocenters. The van der Waals surface area contributed by atoms with Gasteiger partial charge in [-0.25, -0.2) is 24.2 Å². The monoisotopic (exact) mass is 613 g/mol. The molecule has 12 nitrogen and oxygen atoms in total. The third kappa shape index (κ3) is 15.7. The summed E-state index contributed by atoms with van der Waals surface area (Å²) in [4.78, 5) is 45.4. The Morgan fingerprint density at radius 3 is 2.02 bits per heavy atom. The lowest BCUT2D eigenvalue weighted by atomic mass is 10.1. The van der Waals surface area contributed by atoms with Crippen molar-refractivity contribution in [1.29, 1.82) is 0 Å². The molecule has 4 rings (SSSR count). The molecule has 1 saturated heterocycles. The highest BCUT2D eigenvalue weighted by atomic mass is 32.1. The van der Waals surface area contributed by atoms with Crippen molar-refractivity contribution >= 4 is 50.6 Å². The Kier molecular flexibility index (Phi) is 15.5. The first kappa shape index (κ1) is 34.5. The van der Waals surface area contributed by atoms with E-state index < -0.39 is 23.9 Å². The van der Waals surface area contributed by atoms with Gasteiger partial charge in [-0.05, 0) is 62.2 Å². The maximum absolute atomic E-state index is 9.55. The van der Waals surface area contributed by atoms with Gasteiger partial charge in [0.2, 0.25) is 0 Å². The second-order valence-corrected chi connectivity index (χ2v) is 10.2. The molecule has 0 aliphatic carbocycles. The van der Waals surface area contributed by atoms with E-state index in [9.17, 15) is 19.2 Å². The highest BCUT2D eigenvalue weighted by molar-refractivity contribution is 7.22. The molecule has 1 aromatic heterocycles. The van der Waals surface area contributed by atoms with Crippen LogP contribution >= 0.6 is 11.3 Å². The van der Waals surface area contributed by atoms with Crippen molar-refractivity contribution in [2.45, 2.75) is 32.2 Å². The number of piperidine rings is 1. The number of rotatable bonds is 12. The molecule has 0 bridgehead atoms. The van der Waals surface area contributed by atoms with E-state index in [-0.39, 0.29) is 0 Å². The van der Waals surface area contributed by atoms with Crippen LogP contribution in [0.15, 0.2) is 72.8 Å². The molecular weight excluding hydrogens is 578 g/mol. The molecule has 13 heteroatoms. The van der Waals surface area contributed by atoms with Gasteiger partial charge in [-0.2, -0.15) is 0 Å². The van der Waals surface area contributed by atoms with Gasteiger partial charge in [-0.1, -0.05) is 42.0 Å². The van der Waals surface area contributed by atoms with E-state index in [0.29, 0.717) is 30.9 Å². The van der Waals surface area contributed by atoms with Crippen molar-refractivity contribution in [2.24, 2.45) is 0 Å². The van der Waals surface area contributed by atoms with E-state index in [1.165, 1.54) is 42.6 Å². The fourth-order valence-corrected chi connectivity index (χ4v) is 4.69. The van der Waals surface area contributed by atoms with Crippen LogP contribution in [0.3, 0.4) is 0 Å². The van der Waals surface area contributed by atoms with E-state index in [2.05, 4.69) is 57.7 Å². The number of hydrogen-bond acceptors (Lipinski definition) is 9. The molecule has 1 aliphatic rings. The highest BCUT2D eigenvalue weighted by Crippen LogP contribution is 2.25. The van der Waals surface area contributed by atoms with E-state index in [4.69, 9.17) is 25.2 Å². The number of anilines is 1. The van der Waals surface area contributed by atoms with Crippen LogP contribution in [-0.2, 0) is 25.7 Å². The van der Waals surface area contributed by atoms with Gasteiger partial charge < -0.3 is 30.5 Å². The SMILES string of the molecule is O=C(O)C=CC(=O)O.O=C(O)C=CC(=O)O.c1cc(CN2CCCCC2)cc(OCCCNc2nc3ccccc3s2)c1. The van der Waals surface area contributed by atoms with Crippen LogP contribution in [0.1, 0.15) is 31.2 Å². The van der Waals surface area contributed by atoms with Gasteiger partial charge in [-0.15, -0.1) is 0 Å². The minimum Gasteiger partial charge on any atom is -0.494 e. The summed E-state index contributed by atoms with van der Waals surface area (Å²) in [6, 6.07) is 16.8. The summed E-state index contributed by atoms with van der Waals surface area (Å²) in [5, 5.41) is 35.6.